The minimum absolute atomic E-state index is 0.264. The number of aryl methyl sites for hydroxylation is 1. The van der Waals surface area contributed by atoms with Crippen LogP contribution < -0.4 is 5.32 Å². The number of aromatic nitrogens is 2. The fourth-order valence-corrected chi connectivity index (χ4v) is 1.16. The summed E-state index contributed by atoms with van der Waals surface area (Å²) < 4.78 is 1.81. The Balaban J connectivity index is 2.06. The van der Waals surface area contributed by atoms with Gasteiger partial charge in [-0.2, -0.15) is 5.10 Å². The molecule has 2 N–H and O–H groups in total. The number of rotatable bonds is 6. The van der Waals surface area contributed by atoms with Crippen molar-refractivity contribution < 1.29 is 5.11 Å². The van der Waals surface area contributed by atoms with Gasteiger partial charge in [-0.15, -0.1) is 0 Å². The van der Waals surface area contributed by atoms with E-state index in [0.29, 0.717) is 0 Å². The molecule has 1 aromatic rings. The van der Waals surface area contributed by atoms with Crippen molar-refractivity contribution >= 4 is 0 Å². The highest BCUT2D eigenvalue weighted by Gasteiger charge is 1.94. The smallest absolute Gasteiger partial charge is 0.0522 e. The van der Waals surface area contributed by atoms with Gasteiger partial charge in [-0.1, -0.05) is 0 Å². The molecule has 0 aliphatic carbocycles. The van der Waals surface area contributed by atoms with Crippen molar-refractivity contribution in [2.24, 2.45) is 7.05 Å². The van der Waals surface area contributed by atoms with Crippen LogP contribution in [-0.2, 0) is 13.5 Å². The highest BCUT2D eigenvalue weighted by molar-refractivity contribution is 5.03. The zero-order chi connectivity index (χ0) is 9.52. The van der Waals surface area contributed by atoms with Crippen molar-refractivity contribution in [3.05, 3.63) is 18.0 Å². The summed E-state index contributed by atoms with van der Waals surface area (Å²) >= 11 is 0. The van der Waals surface area contributed by atoms with E-state index in [-0.39, 0.29) is 6.61 Å². The lowest BCUT2D eigenvalue weighted by molar-refractivity contribution is 0.286. The number of aliphatic hydroxyl groups is 1. The average Bonchev–Trinajstić information content (AvgIpc) is 2.51. The number of hydrogen-bond acceptors (Lipinski definition) is 3. The summed E-state index contributed by atoms with van der Waals surface area (Å²) in [6.45, 7) is 2.10. The largest absolute Gasteiger partial charge is 0.396 e. The van der Waals surface area contributed by atoms with Crippen LogP contribution in [0.1, 0.15) is 12.0 Å². The van der Waals surface area contributed by atoms with Crippen LogP contribution in [0, 0.1) is 0 Å². The van der Waals surface area contributed by atoms with Crippen LogP contribution in [0.3, 0.4) is 0 Å². The molecular formula is C9H17N3O. The standard InChI is InChI=1S/C9H17N3O/c1-12-8-9(7-11-12)3-5-10-4-2-6-13/h7-8,10,13H,2-6H2,1H3. The summed E-state index contributed by atoms with van der Waals surface area (Å²) in [6.07, 6.45) is 5.73. The van der Waals surface area contributed by atoms with Gasteiger partial charge in [0.25, 0.3) is 0 Å². The molecule has 0 saturated heterocycles. The van der Waals surface area contributed by atoms with Gasteiger partial charge in [0.1, 0.15) is 0 Å². The maximum atomic E-state index is 8.53. The predicted molar refractivity (Wildman–Crippen MR) is 51.5 cm³/mol. The molecule has 1 rings (SSSR count). The second-order valence-corrected chi connectivity index (χ2v) is 3.10. The van der Waals surface area contributed by atoms with Gasteiger partial charge in [-0.05, 0) is 31.5 Å². The van der Waals surface area contributed by atoms with Crippen LogP contribution in [0.2, 0.25) is 0 Å². The van der Waals surface area contributed by atoms with Crippen LogP contribution in [-0.4, -0.2) is 34.6 Å². The molecule has 1 heterocycles. The molecule has 0 amide bonds. The third kappa shape index (κ3) is 4.05. The van der Waals surface area contributed by atoms with Gasteiger partial charge >= 0.3 is 0 Å². The van der Waals surface area contributed by atoms with Crippen LogP contribution in [0.15, 0.2) is 12.4 Å². The fourth-order valence-electron chi connectivity index (χ4n) is 1.16. The molecule has 0 spiro atoms. The summed E-state index contributed by atoms with van der Waals surface area (Å²) in [5, 5.41) is 15.9. The zero-order valence-electron chi connectivity index (χ0n) is 8.03. The molecule has 0 saturated carbocycles. The summed E-state index contributed by atoms with van der Waals surface area (Å²) in [5.41, 5.74) is 1.25. The molecule has 0 radical (unpaired) electrons. The van der Waals surface area contributed by atoms with Crippen molar-refractivity contribution in [1.82, 2.24) is 15.1 Å². The first-order valence-electron chi connectivity index (χ1n) is 4.62. The van der Waals surface area contributed by atoms with Crippen LogP contribution >= 0.6 is 0 Å². The van der Waals surface area contributed by atoms with Crippen molar-refractivity contribution in [1.29, 1.82) is 0 Å². The lowest BCUT2D eigenvalue weighted by atomic mass is 10.2. The van der Waals surface area contributed by atoms with E-state index in [2.05, 4.69) is 10.4 Å². The van der Waals surface area contributed by atoms with E-state index in [0.717, 1.165) is 25.9 Å². The Bertz CT molecular complexity index is 235. The Morgan fingerprint density at radius 3 is 3.00 bits per heavy atom. The number of nitrogens with zero attached hydrogens (tertiary/aromatic N) is 2. The molecule has 0 atom stereocenters. The Hall–Kier alpha value is -0.870. The van der Waals surface area contributed by atoms with Crippen LogP contribution in [0.25, 0.3) is 0 Å². The van der Waals surface area contributed by atoms with Gasteiger partial charge < -0.3 is 10.4 Å². The maximum Gasteiger partial charge on any atom is 0.0522 e. The minimum atomic E-state index is 0.264. The van der Waals surface area contributed by atoms with E-state index in [4.69, 9.17) is 5.11 Å². The van der Waals surface area contributed by atoms with Gasteiger partial charge in [0.2, 0.25) is 0 Å². The minimum Gasteiger partial charge on any atom is -0.396 e. The van der Waals surface area contributed by atoms with Crippen molar-refractivity contribution in [2.75, 3.05) is 19.7 Å². The Morgan fingerprint density at radius 2 is 2.38 bits per heavy atom. The topological polar surface area (TPSA) is 50.1 Å². The van der Waals surface area contributed by atoms with Gasteiger partial charge in [0.15, 0.2) is 0 Å². The molecule has 13 heavy (non-hydrogen) atoms. The molecule has 1 aromatic heterocycles. The van der Waals surface area contributed by atoms with E-state index in [1.807, 2.05) is 24.1 Å². The van der Waals surface area contributed by atoms with Gasteiger partial charge in [0.05, 0.1) is 6.20 Å². The van der Waals surface area contributed by atoms with Gasteiger partial charge in [-0.25, -0.2) is 0 Å². The highest BCUT2D eigenvalue weighted by atomic mass is 16.3. The average molecular weight is 183 g/mol. The first-order valence-corrected chi connectivity index (χ1v) is 4.62. The van der Waals surface area contributed by atoms with Crippen molar-refractivity contribution in [3.8, 4) is 0 Å². The molecule has 0 bridgehead atoms. The number of nitrogens with one attached hydrogen (secondary N) is 1. The molecular weight excluding hydrogens is 166 g/mol. The van der Waals surface area contributed by atoms with E-state index >= 15 is 0 Å². The Kier molecular flexibility index (Phi) is 4.49. The summed E-state index contributed by atoms with van der Waals surface area (Å²) in [4.78, 5) is 0. The zero-order valence-corrected chi connectivity index (χ0v) is 8.03. The van der Waals surface area contributed by atoms with Crippen LogP contribution in [0.4, 0.5) is 0 Å². The van der Waals surface area contributed by atoms with E-state index in [1.165, 1.54) is 5.56 Å². The van der Waals surface area contributed by atoms with E-state index in [9.17, 15) is 0 Å². The molecule has 0 aromatic carbocycles. The first kappa shape index (κ1) is 10.2. The first-order chi connectivity index (χ1) is 6.33. The third-order valence-corrected chi connectivity index (χ3v) is 1.86. The predicted octanol–water partition coefficient (Wildman–Crippen LogP) is -0.0654. The lowest BCUT2D eigenvalue weighted by Gasteiger charge is -2.00. The molecule has 4 heteroatoms. The molecule has 0 unspecified atom stereocenters. The number of hydrogen-bond donors (Lipinski definition) is 2. The van der Waals surface area contributed by atoms with E-state index in [1.54, 1.807) is 0 Å². The fraction of sp³-hybridized carbons (Fsp3) is 0.667. The monoisotopic (exact) mass is 183 g/mol. The second-order valence-electron chi connectivity index (χ2n) is 3.10. The quantitative estimate of drug-likeness (QED) is 0.607. The molecule has 74 valence electrons. The van der Waals surface area contributed by atoms with Gasteiger partial charge in [0, 0.05) is 19.9 Å². The van der Waals surface area contributed by atoms with E-state index < -0.39 is 0 Å². The Morgan fingerprint density at radius 1 is 1.54 bits per heavy atom. The van der Waals surface area contributed by atoms with Crippen LogP contribution in [0.5, 0.6) is 0 Å². The molecule has 0 aliphatic rings. The summed E-state index contributed by atoms with van der Waals surface area (Å²) in [6, 6.07) is 0. The SMILES string of the molecule is Cn1cc(CCNCCCO)cn1. The molecule has 4 nitrogen and oxygen atoms in total. The summed E-state index contributed by atoms with van der Waals surface area (Å²) in [5.74, 6) is 0. The van der Waals surface area contributed by atoms with Crippen molar-refractivity contribution in [3.63, 3.8) is 0 Å². The third-order valence-electron chi connectivity index (χ3n) is 1.86. The normalized spacial score (nSPS) is 10.6. The Labute approximate surface area is 78.6 Å². The highest BCUT2D eigenvalue weighted by Crippen LogP contribution is 1.95. The lowest BCUT2D eigenvalue weighted by Crippen LogP contribution is -2.19. The second kappa shape index (κ2) is 5.72. The number of aliphatic hydroxyl groups excluding tert-OH is 1. The molecule has 0 fully saturated rings. The maximum absolute atomic E-state index is 8.53. The summed E-state index contributed by atoms with van der Waals surface area (Å²) in [7, 11) is 1.92. The van der Waals surface area contributed by atoms with Gasteiger partial charge in [-0.3, -0.25) is 4.68 Å². The van der Waals surface area contributed by atoms with Crippen molar-refractivity contribution in [2.45, 2.75) is 12.8 Å². The molecule has 0 aliphatic heterocycles.